The smallest absolute Gasteiger partial charge is 0.213 e. The van der Waals surface area contributed by atoms with Crippen molar-refractivity contribution in [1.29, 1.82) is 0 Å². The van der Waals surface area contributed by atoms with Crippen LogP contribution in [0.3, 0.4) is 0 Å². The van der Waals surface area contributed by atoms with E-state index in [4.69, 9.17) is 27.9 Å². The maximum atomic E-state index is 6.12. The van der Waals surface area contributed by atoms with E-state index in [-0.39, 0.29) is 0 Å². The van der Waals surface area contributed by atoms with E-state index in [9.17, 15) is 0 Å². The minimum atomic E-state index is 0.561. The van der Waals surface area contributed by atoms with Gasteiger partial charge in [0.2, 0.25) is 5.88 Å². The molecule has 0 aliphatic rings. The summed E-state index contributed by atoms with van der Waals surface area (Å²) in [5, 5.41) is 4.38. The van der Waals surface area contributed by atoms with Crippen LogP contribution in [0.2, 0.25) is 10.0 Å². The minimum Gasteiger partial charge on any atom is -0.478 e. The molecule has 1 aromatic heterocycles. The first-order chi connectivity index (χ1) is 9.20. The second kappa shape index (κ2) is 6.64. The quantitative estimate of drug-likeness (QED) is 0.888. The first-order valence-corrected chi connectivity index (χ1v) is 6.72. The summed E-state index contributed by atoms with van der Waals surface area (Å²) in [4.78, 5) is 4.18. The second-order valence-corrected chi connectivity index (χ2v) is 4.67. The fourth-order valence-electron chi connectivity index (χ4n) is 1.60. The molecule has 2 rings (SSSR count). The third-order valence-electron chi connectivity index (χ3n) is 2.54. The topological polar surface area (TPSA) is 34.1 Å². The van der Waals surface area contributed by atoms with Gasteiger partial charge in [0.15, 0.2) is 0 Å². The summed E-state index contributed by atoms with van der Waals surface area (Å²) >= 11 is 12.1. The van der Waals surface area contributed by atoms with Crippen molar-refractivity contribution in [2.75, 3.05) is 11.9 Å². The molecule has 0 fully saturated rings. The summed E-state index contributed by atoms with van der Waals surface area (Å²) in [7, 11) is 0. The number of benzene rings is 1. The van der Waals surface area contributed by atoms with Crippen LogP contribution in [0, 0.1) is 0 Å². The summed E-state index contributed by atoms with van der Waals surface area (Å²) < 4.78 is 5.28. The lowest BCUT2D eigenvalue weighted by Gasteiger charge is -2.09. The predicted molar refractivity (Wildman–Crippen MR) is 79.2 cm³/mol. The maximum Gasteiger partial charge on any atom is 0.213 e. The number of nitrogens with zero attached hydrogens (tertiary/aromatic N) is 1. The van der Waals surface area contributed by atoms with Gasteiger partial charge >= 0.3 is 0 Å². The molecule has 1 N–H and O–H groups in total. The molecule has 5 heteroatoms. The number of pyridine rings is 1. The molecule has 0 aliphatic heterocycles. The van der Waals surface area contributed by atoms with Gasteiger partial charge in [0.25, 0.3) is 0 Å². The van der Waals surface area contributed by atoms with E-state index in [1.54, 1.807) is 12.3 Å². The molecule has 0 unspecified atom stereocenters. The number of hydrogen-bond donors (Lipinski definition) is 1. The summed E-state index contributed by atoms with van der Waals surface area (Å²) in [6.07, 6.45) is 1.73. The predicted octanol–water partition coefficient (Wildman–Crippen LogP) is 4.40. The van der Waals surface area contributed by atoms with E-state index in [2.05, 4.69) is 10.3 Å². The van der Waals surface area contributed by atoms with Crippen LogP contribution in [0.15, 0.2) is 36.5 Å². The Hall–Kier alpha value is -1.45. The van der Waals surface area contributed by atoms with Gasteiger partial charge in [0, 0.05) is 12.6 Å². The highest BCUT2D eigenvalue weighted by Crippen LogP contribution is 2.26. The minimum absolute atomic E-state index is 0.561. The Labute approximate surface area is 122 Å². The third-order valence-corrected chi connectivity index (χ3v) is 3.40. The average Bonchev–Trinajstić information content (AvgIpc) is 2.42. The molecule has 0 saturated heterocycles. The summed E-state index contributed by atoms with van der Waals surface area (Å²) in [6.45, 7) is 3.13. The molecular weight excluding hydrogens is 283 g/mol. The lowest BCUT2D eigenvalue weighted by atomic mass is 10.2. The Balaban J connectivity index is 2.00. The summed E-state index contributed by atoms with van der Waals surface area (Å²) in [6, 6.07) is 9.32. The summed E-state index contributed by atoms with van der Waals surface area (Å²) in [5.41, 5.74) is 1.85. The highest BCUT2D eigenvalue weighted by Gasteiger charge is 2.04. The lowest BCUT2D eigenvalue weighted by molar-refractivity contribution is 0.327. The van der Waals surface area contributed by atoms with Crippen LogP contribution in [-0.2, 0) is 6.54 Å². The Bertz CT molecular complexity index is 544. The number of nitrogens with one attached hydrogen (secondary N) is 1. The Morgan fingerprint density at radius 1 is 1.21 bits per heavy atom. The van der Waals surface area contributed by atoms with Crippen molar-refractivity contribution < 1.29 is 4.74 Å². The van der Waals surface area contributed by atoms with Crippen molar-refractivity contribution in [1.82, 2.24) is 4.98 Å². The fraction of sp³-hybridized carbons (Fsp3) is 0.214. The lowest BCUT2D eigenvalue weighted by Crippen LogP contribution is -2.01. The fourth-order valence-corrected chi connectivity index (χ4v) is 1.99. The van der Waals surface area contributed by atoms with Gasteiger partial charge in [-0.1, -0.05) is 35.3 Å². The van der Waals surface area contributed by atoms with Crippen LogP contribution in [-0.4, -0.2) is 11.6 Å². The molecule has 100 valence electrons. The van der Waals surface area contributed by atoms with Gasteiger partial charge < -0.3 is 10.1 Å². The molecule has 0 saturated carbocycles. The Morgan fingerprint density at radius 2 is 2.05 bits per heavy atom. The van der Waals surface area contributed by atoms with Crippen molar-refractivity contribution in [3.05, 3.63) is 52.1 Å². The van der Waals surface area contributed by atoms with Gasteiger partial charge in [-0.05, 0) is 24.6 Å². The number of rotatable bonds is 5. The molecule has 19 heavy (non-hydrogen) atoms. The molecule has 0 bridgehead atoms. The van der Waals surface area contributed by atoms with Gasteiger partial charge in [-0.3, -0.25) is 0 Å². The second-order valence-electron chi connectivity index (χ2n) is 3.88. The summed E-state index contributed by atoms with van der Waals surface area (Å²) in [5.74, 6) is 0.619. The molecule has 0 atom stereocenters. The van der Waals surface area contributed by atoms with Gasteiger partial charge in [0.05, 0.1) is 28.5 Å². The van der Waals surface area contributed by atoms with E-state index in [0.29, 0.717) is 29.1 Å². The van der Waals surface area contributed by atoms with Crippen molar-refractivity contribution in [3.63, 3.8) is 0 Å². The molecule has 2 aromatic rings. The third kappa shape index (κ3) is 3.75. The standard InChI is InChI=1S/C14H14Cl2N2O/c1-2-19-13-7-6-11(9-18-13)17-8-10-4-3-5-12(15)14(10)16/h3-7,9,17H,2,8H2,1H3. The van der Waals surface area contributed by atoms with E-state index in [1.165, 1.54) is 0 Å². The number of aromatic nitrogens is 1. The first-order valence-electron chi connectivity index (χ1n) is 5.96. The van der Waals surface area contributed by atoms with E-state index >= 15 is 0 Å². The van der Waals surface area contributed by atoms with Crippen molar-refractivity contribution in [3.8, 4) is 5.88 Å². The van der Waals surface area contributed by atoms with Crippen molar-refractivity contribution in [2.24, 2.45) is 0 Å². The number of ether oxygens (including phenoxy) is 1. The van der Waals surface area contributed by atoms with Crippen molar-refractivity contribution in [2.45, 2.75) is 13.5 Å². The average molecular weight is 297 g/mol. The largest absolute Gasteiger partial charge is 0.478 e. The van der Waals surface area contributed by atoms with Crippen LogP contribution >= 0.6 is 23.2 Å². The molecule has 0 amide bonds. The SMILES string of the molecule is CCOc1ccc(NCc2cccc(Cl)c2Cl)cn1. The van der Waals surface area contributed by atoms with Crippen LogP contribution in [0.1, 0.15) is 12.5 Å². The Morgan fingerprint density at radius 3 is 2.74 bits per heavy atom. The van der Waals surface area contributed by atoms with Crippen LogP contribution in [0.25, 0.3) is 0 Å². The maximum absolute atomic E-state index is 6.12. The number of hydrogen-bond acceptors (Lipinski definition) is 3. The van der Waals surface area contributed by atoms with E-state index in [1.807, 2.05) is 31.2 Å². The molecule has 0 spiro atoms. The van der Waals surface area contributed by atoms with Crippen LogP contribution in [0.5, 0.6) is 5.88 Å². The van der Waals surface area contributed by atoms with E-state index < -0.39 is 0 Å². The zero-order chi connectivity index (χ0) is 13.7. The molecule has 3 nitrogen and oxygen atoms in total. The normalized spacial score (nSPS) is 10.3. The molecule has 1 aromatic carbocycles. The highest BCUT2D eigenvalue weighted by atomic mass is 35.5. The van der Waals surface area contributed by atoms with Crippen LogP contribution < -0.4 is 10.1 Å². The highest BCUT2D eigenvalue weighted by molar-refractivity contribution is 6.42. The van der Waals surface area contributed by atoms with Gasteiger partial charge in [-0.2, -0.15) is 0 Å². The molecule has 1 heterocycles. The monoisotopic (exact) mass is 296 g/mol. The molecule has 0 aliphatic carbocycles. The van der Waals surface area contributed by atoms with Gasteiger partial charge in [0.1, 0.15) is 0 Å². The zero-order valence-electron chi connectivity index (χ0n) is 10.5. The van der Waals surface area contributed by atoms with Crippen molar-refractivity contribution >= 4 is 28.9 Å². The zero-order valence-corrected chi connectivity index (χ0v) is 12.0. The molecule has 0 radical (unpaired) electrons. The van der Waals surface area contributed by atoms with Crippen LogP contribution in [0.4, 0.5) is 5.69 Å². The number of halogens is 2. The Kier molecular flexibility index (Phi) is 4.88. The van der Waals surface area contributed by atoms with Gasteiger partial charge in [-0.15, -0.1) is 0 Å². The van der Waals surface area contributed by atoms with Gasteiger partial charge in [-0.25, -0.2) is 4.98 Å². The van der Waals surface area contributed by atoms with E-state index in [0.717, 1.165) is 11.3 Å². The number of anilines is 1. The molecular formula is C14H14Cl2N2O. The first kappa shape index (κ1) is 14.0.